The monoisotopic (exact) mass is 416 g/mol. The van der Waals surface area contributed by atoms with Gasteiger partial charge in [0.1, 0.15) is 0 Å². The van der Waals surface area contributed by atoms with Crippen LogP contribution in [0.1, 0.15) is 11.1 Å². The number of hydrogen-bond acceptors (Lipinski definition) is 6. The van der Waals surface area contributed by atoms with Crippen LogP contribution >= 0.6 is 7.82 Å². The Morgan fingerprint density at radius 2 is 1.21 bits per heavy atom. The molecule has 0 aliphatic rings. The molecule has 10 heteroatoms. The minimum absolute atomic E-state index is 0.148. The molecule has 4 N–H and O–H groups in total. The van der Waals surface area contributed by atoms with Crippen LogP contribution < -0.4 is 18.9 Å². The highest BCUT2D eigenvalue weighted by Crippen LogP contribution is 2.38. The van der Waals surface area contributed by atoms with E-state index in [-0.39, 0.29) is 5.75 Å². The van der Waals surface area contributed by atoms with Gasteiger partial charge < -0.3 is 38.7 Å². The maximum atomic E-state index is 9.84. The van der Waals surface area contributed by atoms with Gasteiger partial charge in [0.25, 0.3) is 0 Å². The van der Waals surface area contributed by atoms with E-state index in [4.69, 9.17) is 38.2 Å². The van der Waals surface area contributed by atoms with E-state index in [9.17, 15) is 5.11 Å². The van der Waals surface area contributed by atoms with Crippen LogP contribution in [0.3, 0.4) is 0 Å². The second-order valence-electron chi connectivity index (χ2n) is 5.55. The summed E-state index contributed by atoms with van der Waals surface area (Å²) in [4.78, 5) is 21.6. The average molecular weight is 416 g/mol. The Morgan fingerprint density at radius 1 is 0.750 bits per heavy atom. The molecule has 0 unspecified atom stereocenters. The van der Waals surface area contributed by atoms with E-state index in [1.54, 1.807) is 33.5 Å². The average Bonchev–Trinajstić information content (AvgIpc) is 2.64. The summed E-state index contributed by atoms with van der Waals surface area (Å²) in [5.74, 6) is 2.48. The van der Waals surface area contributed by atoms with Crippen molar-refractivity contribution in [3.05, 3.63) is 41.5 Å². The predicted molar refractivity (Wildman–Crippen MR) is 102 cm³/mol. The van der Waals surface area contributed by atoms with E-state index in [2.05, 4.69) is 0 Å². The Labute approximate surface area is 163 Å². The third-order valence-electron chi connectivity index (χ3n) is 3.67. The first-order valence-electron chi connectivity index (χ1n) is 8.06. The fourth-order valence-electron chi connectivity index (χ4n) is 2.46. The van der Waals surface area contributed by atoms with Crippen molar-refractivity contribution in [3.8, 4) is 28.7 Å². The Bertz CT molecular complexity index is 783. The molecular formula is C18H25O9P. The number of phosphoric acid groups is 1. The molecule has 28 heavy (non-hydrogen) atoms. The lowest BCUT2D eigenvalue weighted by Crippen LogP contribution is -1.98. The van der Waals surface area contributed by atoms with E-state index < -0.39 is 7.82 Å². The molecule has 2 aromatic rings. The minimum Gasteiger partial charge on any atom is -0.504 e. The predicted octanol–water partition coefficient (Wildman–Crippen LogP) is 2.28. The van der Waals surface area contributed by atoms with Gasteiger partial charge in [-0.05, 0) is 48.2 Å². The van der Waals surface area contributed by atoms with Crippen LogP contribution in [0.4, 0.5) is 0 Å². The van der Waals surface area contributed by atoms with Crippen molar-refractivity contribution in [1.82, 2.24) is 0 Å². The van der Waals surface area contributed by atoms with Crippen LogP contribution in [0, 0.1) is 0 Å². The molecule has 0 spiro atoms. The van der Waals surface area contributed by atoms with E-state index in [1.165, 1.54) is 7.11 Å². The van der Waals surface area contributed by atoms with Gasteiger partial charge in [-0.3, -0.25) is 0 Å². The number of aromatic hydroxyl groups is 1. The maximum Gasteiger partial charge on any atom is 0.466 e. The number of aryl methyl sites for hydroxylation is 2. The first-order chi connectivity index (χ1) is 13.1. The second kappa shape index (κ2) is 10.8. The molecule has 156 valence electrons. The standard InChI is InChI=1S/C18H22O5.H3O4P/c1-20-15-8-7-12(9-14(15)19)5-6-13-10-16(21-2)18(23-4)17(11-13)22-3;1-5(2,3)4/h7-11,19H,5-6H2,1-4H3;(H3,1,2,3,4). The van der Waals surface area contributed by atoms with Gasteiger partial charge in [0.05, 0.1) is 28.4 Å². The van der Waals surface area contributed by atoms with Crippen molar-refractivity contribution in [3.63, 3.8) is 0 Å². The van der Waals surface area contributed by atoms with Crippen LogP contribution in [0.25, 0.3) is 0 Å². The summed E-state index contributed by atoms with van der Waals surface area (Å²) in [6.45, 7) is 0. The van der Waals surface area contributed by atoms with E-state index in [0.29, 0.717) is 23.0 Å². The molecule has 0 heterocycles. The molecule has 0 fully saturated rings. The summed E-state index contributed by atoms with van der Waals surface area (Å²) < 4.78 is 30.0. The quantitative estimate of drug-likeness (QED) is 0.501. The third kappa shape index (κ3) is 7.66. The largest absolute Gasteiger partial charge is 0.504 e. The van der Waals surface area contributed by atoms with Crippen LogP contribution in [0.15, 0.2) is 30.3 Å². The van der Waals surface area contributed by atoms with Crippen molar-refractivity contribution in [2.45, 2.75) is 12.8 Å². The Hall–Kier alpha value is -2.45. The lowest BCUT2D eigenvalue weighted by atomic mass is 10.0. The molecule has 0 aromatic heterocycles. The van der Waals surface area contributed by atoms with Crippen LogP contribution in [0.5, 0.6) is 28.7 Å². The molecule has 0 amide bonds. The zero-order chi connectivity index (χ0) is 21.3. The maximum absolute atomic E-state index is 9.84. The molecule has 0 saturated carbocycles. The van der Waals surface area contributed by atoms with E-state index >= 15 is 0 Å². The molecule has 0 radical (unpaired) electrons. The molecule has 0 bridgehead atoms. The van der Waals surface area contributed by atoms with Gasteiger partial charge >= 0.3 is 7.82 Å². The fraction of sp³-hybridized carbons (Fsp3) is 0.333. The normalized spacial score (nSPS) is 10.5. The van der Waals surface area contributed by atoms with Crippen molar-refractivity contribution in [2.75, 3.05) is 28.4 Å². The molecule has 9 nitrogen and oxygen atoms in total. The molecular weight excluding hydrogens is 391 g/mol. The number of ether oxygens (including phenoxy) is 4. The smallest absolute Gasteiger partial charge is 0.466 e. The molecule has 0 atom stereocenters. The highest BCUT2D eigenvalue weighted by Gasteiger charge is 2.13. The van der Waals surface area contributed by atoms with Crippen molar-refractivity contribution >= 4 is 7.82 Å². The number of benzene rings is 2. The van der Waals surface area contributed by atoms with Gasteiger partial charge in [-0.15, -0.1) is 0 Å². The van der Waals surface area contributed by atoms with Crippen LogP contribution in [-0.2, 0) is 17.4 Å². The summed E-state index contributed by atoms with van der Waals surface area (Å²) in [5, 5.41) is 9.84. The number of phenols is 1. The third-order valence-corrected chi connectivity index (χ3v) is 3.67. The van der Waals surface area contributed by atoms with Crippen LogP contribution in [-0.4, -0.2) is 48.2 Å². The Balaban J connectivity index is 0.000000696. The van der Waals surface area contributed by atoms with Crippen molar-refractivity contribution in [2.24, 2.45) is 0 Å². The number of methoxy groups -OCH3 is 4. The summed E-state index contributed by atoms with van der Waals surface area (Å²) >= 11 is 0. The van der Waals surface area contributed by atoms with Gasteiger partial charge in [0.2, 0.25) is 5.75 Å². The number of hydrogen-bond donors (Lipinski definition) is 4. The topological polar surface area (TPSA) is 135 Å². The van der Waals surface area contributed by atoms with Gasteiger partial charge in [0, 0.05) is 0 Å². The molecule has 0 aliphatic carbocycles. The lowest BCUT2D eigenvalue weighted by molar-refractivity contribution is 0.275. The summed E-state index contributed by atoms with van der Waals surface area (Å²) in [5.41, 5.74) is 2.09. The van der Waals surface area contributed by atoms with Gasteiger partial charge in [-0.1, -0.05) is 6.07 Å². The summed E-state index contributed by atoms with van der Waals surface area (Å²) in [6, 6.07) is 9.29. The zero-order valence-corrected chi connectivity index (χ0v) is 17.0. The molecule has 2 aromatic carbocycles. The first-order valence-corrected chi connectivity index (χ1v) is 9.62. The number of phenolic OH excluding ortho intramolecular Hbond substituents is 1. The summed E-state index contributed by atoms with van der Waals surface area (Å²) in [6.07, 6.45) is 1.55. The molecule has 0 saturated heterocycles. The highest BCUT2D eigenvalue weighted by atomic mass is 31.2. The van der Waals surface area contributed by atoms with Gasteiger partial charge in [-0.2, -0.15) is 0 Å². The van der Waals surface area contributed by atoms with Crippen molar-refractivity contribution in [1.29, 1.82) is 0 Å². The van der Waals surface area contributed by atoms with Crippen molar-refractivity contribution < 1.29 is 43.3 Å². The zero-order valence-electron chi connectivity index (χ0n) is 16.1. The second-order valence-corrected chi connectivity index (χ2v) is 6.58. The molecule has 0 aliphatic heterocycles. The fourth-order valence-corrected chi connectivity index (χ4v) is 2.46. The highest BCUT2D eigenvalue weighted by molar-refractivity contribution is 7.45. The summed E-state index contributed by atoms with van der Waals surface area (Å²) in [7, 11) is 1.68. The minimum atomic E-state index is -4.64. The van der Waals surface area contributed by atoms with Gasteiger partial charge in [-0.25, -0.2) is 4.57 Å². The lowest BCUT2D eigenvalue weighted by Gasteiger charge is -2.14. The SMILES string of the molecule is COc1ccc(CCc2cc(OC)c(OC)c(OC)c2)cc1O.O=P(O)(O)O. The number of rotatable bonds is 7. The van der Waals surface area contributed by atoms with Gasteiger partial charge in [0.15, 0.2) is 23.0 Å². The molecule has 2 rings (SSSR count). The van der Waals surface area contributed by atoms with Crippen LogP contribution in [0.2, 0.25) is 0 Å². The van der Waals surface area contributed by atoms with E-state index in [1.807, 2.05) is 18.2 Å². The Morgan fingerprint density at radius 3 is 1.61 bits per heavy atom. The van der Waals surface area contributed by atoms with E-state index in [0.717, 1.165) is 24.0 Å². The first kappa shape index (κ1) is 23.6. The Kier molecular flexibility index (Phi) is 9.08.